The van der Waals surface area contributed by atoms with Gasteiger partial charge in [-0.2, -0.15) is 0 Å². The molecule has 3 aromatic heterocycles. The van der Waals surface area contributed by atoms with E-state index >= 15 is 0 Å². The van der Waals surface area contributed by atoms with Crippen LogP contribution in [0.3, 0.4) is 0 Å². The number of hydrogen-bond donors (Lipinski definition) is 3. The maximum absolute atomic E-state index is 14.1. The molecule has 40 heavy (non-hydrogen) atoms. The van der Waals surface area contributed by atoms with Crippen molar-refractivity contribution in [3.8, 4) is 11.4 Å². The standard InChI is InChI=1S/C14H17N5O.C10H9F4N5O/c15-12(9-20)6-19(16)8-13-7-18-5-11(10-1-2-10)3-4-14(18)17-13;1-15-4-6-7(19-5-16-17-18-19)2-3-8(9(6)11)20-10(12,13)14/h3-7,9-10H,1-2,8,15-16H2;2-3,5,15H,4H2,1H3/b12-6-;. The van der Waals surface area contributed by atoms with Crippen LogP contribution in [-0.4, -0.2) is 54.3 Å². The highest BCUT2D eigenvalue weighted by Crippen LogP contribution is 2.39. The van der Waals surface area contributed by atoms with Crippen molar-refractivity contribution in [2.75, 3.05) is 7.05 Å². The smallest absolute Gasteiger partial charge is 0.403 e. The summed E-state index contributed by atoms with van der Waals surface area (Å²) in [5, 5.41) is 14.4. The average Bonchev–Trinajstić information content (AvgIpc) is 3.45. The van der Waals surface area contributed by atoms with Crippen LogP contribution in [0.15, 0.2) is 54.9 Å². The molecule has 3 heterocycles. The number of carbonyl (C=O) groups excluding carboxylic acids is 1. The Morgan fingerprint density at radius 1 is 1.25 bits per heavy atom. The number of hydrogen-bond acceptors (Lipinski definition) is 10. The van der Waals surface area contributed by atoms with Crippen LogP contribution in [0.2, 0.25) is 0 Å². The minimum Gasteiger partial charge on any atom is -0.403 e. The second-order valence-corrected chi connectivity index (χ2v) is 8.86. The molecule has 0 unspecified atom stereocenters. The summed E-state index contributed by atoms with van der Waals surface area (Å²) in [6, 6.07) is 6.27. The van der Waals surface area contributed by atoms with Crippen LogP contribution in [-0.2, 0) is 17.9 Å². The van der Waals surface area contributed by atoms with Crippen LogP contribution in [0, 0.1) is 5.82 Å². The Morgan fingerprint density at radius 3 is 2.65 bits per heavy atom. The molecule has 5 N–H and O–H groups in total. The third-order valence-corrected chi connectivity index (χ3v) is 5.73. The number of carbonyl (C=O) groups is 1. The van der Waals surface area contributed by atoms with E-state index in [9.17, 15) is 22.4 Å². The molecule has 0 bridgehead atoms. The second-order valence-electron chi connectivity index (χ2n) is 8.86. The number of nitrogens with two attached hydrogens (primary N) is 2. The Kier molecular flexibility index (Phi) is 8.59. The Labute approximate surface area is 225 Å². The average molecular weight is 563 g/mol. The largest absolute Gasteiger partial charge is 0.573 e. The van der Waals surface area contributed by atoms with Crippen LogP contribution < -0.4 is 21.6 Å². The van der Waals surface area contributed by atoms with Gasteiger partial charge in [-0.25, -0.2) is 19.9 Å². The number of nitrogens with zero attached hydrogens (tertiary/aromatic N) is 7. The van der Waals surface area contributed by atoms with Crippen LogP contribution in [0.1, 0.15) is 35.6 Å². The lowest BCUT2D eigenvalue weighted by atomic mass is 10.1. The normalized spacial score (nSPS) is 13.6. The molecule has 0 radical (unpaired) electrons. The van der Waals surface area contributed by atoms with E-state index in [0.717, 1.165) is 22.1 Å². The number of alkyl halides is 3. The lowest BCUT2D eigenvalue weighted by Crippen LogP contribution is -2.26. The fourth-order valence-corrected chi connectivity index (χ4v) is 3.87. The summed E-state index contributed by atoms with van der Waals surface area (Å²) in [4.78, 5) is 14.9. The molecule has 0 saturated heterocycles. The number of nitrogens with one attached hydrogen (secondary N) is 1. The van der Waals surface area contributed by atoms with Crippen molar-refractivity contribution in [2.24, 2.45) is 11.6 Å². The van der Waals surface area contributed by atoms with Gasteiger partial charge in [-0.15, -0.1) is 18.3 Å². The lowest BCUT2D eigenvalue weighted by Gasteiger charge is -2.14. The topological polar surface area (TPSA) is 155 Å². The zero-order valence-corrected chi connectivity index (χ0v) is 21.2. The summed E-state index contributed by atoms with van der Waals surface area (Å²) < 4.78 is 57.4. The summed E-state index contributed by atoms with van der Waals surface area (Å²) in [7, 11) is 1.53. The van der Waals surface area contributed by atoms with Crippen molar-refractivity contribution in [3.05, 3.63) is 77.5 Å². The third-order valence-electron chi connectivity index (χ3n) is 5.73. The summed E-state index contributed by atoms with van der Waals surface area (Å²) in [6.45, 7) is 0.380. The number of halogens is 4. The van der Waals surface area contributed by atoms with Crippen LogP contribution in [0.4, 0.5) is 17.6 Å². The molecule has 1 aromatic carbocycles. The number of fused-ring (bicyclic) bond motifs is 1. The SMILES string of the molecule is CNCc1c(-n2cnnn2)ccc(OC(F)(F)F)c1F.N/C(C=O)=C\N(N)Cc1cn2cc(C3CC3)ccc2n1. The fourth-order valence-electron chi connectivity index (χ4n) is 3.87. The van der Waals surface area contributed by atoms with Gasteiger partial charge in [0.1, 0.15) is 12.0 Å². The first-order valence-corrected chi connectivity index (χ1v) is 11.9. The summed E-state index contributed by atoms with van der Waals surface area (Å²) in [6.07, 6.45) is 4.83. The minimum atomic E-state index is -4.96. The Morgan fingerprint density at radius 2 is 2.02 bits per heavy atom. The number of benzene rings is 1. The first-order valence-electron chi connectivity index (χ1n) is 11.9. The van der Waals surface area contributed by atoms with E-state index in [1.807, 2.05) is 16.7 Å². The molecular formula is C24H26F4N10O2. The highest BCUT2D eigenvalue weighted by atomic mass is 19.4. The van der Waals surface area contributed by atoms with E-state index in [1.165, 1.54) is 49.1 Å². The van der Waals surface area contributed by atoms with E-state index in [0.29, 0.717) is 18.7 Å². The number of aldehydes is 1. The quantitative estimate of drug-likeness (QED) is 0.0910. The van der Waals surface area contributed by atoms with Gasteiger partial charge in [0.2, 0.25) is 0 Å². The molecule has 0 spiro atoms. The molecule has 12 nitrogen and oxygen atoms in total. The first-order chi connectivity index (χ1) is 19.1. The molecular weight excluding hydrogens is 536 g/mol. The molecule has 0 amide bonds. The molecule has 4 aromatic rings. The van der Waals surface area contributed by atoms with Crippen molar-refractivity contribution < 1.29 is 27.1 Å². The molecule has 212 valence electrons. The number of aromatic nitrogens is 6. The maximum atomic E-state index is 14.1. The van der Waals surface area contributed by atoms with Gasteiger partial charge in [0.25, 0.3) is 0 Å². The van der Waals surface area contributed by atoms with Crippen molar-refractivity contribution in [1.82, 2.24) is 39.9 Å². The molecule has 1 aliphatic rings. The van der Waals surface area contributed by atoms with E-state index in [1.54, 1.807) is 0 Å². The number of hydrazine groups is 1. The van der Waals surface area contributed by atoms with Gasteiger partial charge in [0.05, 0.1) is 23.6 Å². The monoisotopic (exact) mass is 562 g/mol. The zero-order chi connectivity index (χ0) is 28.9. The first kappa shape index (κ1) is 28.4. The third kappa shape index (κ3) is 7.29. The highest BCUT2D eigenvalue weighted by molar-refractivity contribution is 5.71. The molecule has 1 saturated carbocycles. The number of allylic oxidation sites excluding steroid dienone is 1. The maximum Gasteiger partial charge on any atom is 0.573 e. The van der Waals surface area contributed by atoms with Crippen LogP contribution >= 0.6 is 0 Å². The highest BCUT2D eigenvalue weighted by Gasteiger charge is 2.33. The summed E-state index contributed by atoms with van der Waals surface area (Å²) in [5.74, 6) is 4.45. The molecule has 1 aliphatic carbocycles. The zero-order valence-electron chi connectivity index (χ0n) is 21.2. The van der Waals surface area contributed by atoms with Crippen LogP contribution in [0.25, 0.3) is 11.3 Å². The lowest BCUT2D eigenvalue weighted by molar-refractivity contribution is -0.275. The summed E-state index contributed by atoms with van der Waals surface area (Å²) >= 11 is 0. The molecule has 5 rings (SSSR count). The van der Waals surface area contributed by atoms with Gasteiger partial charge in [-0.05, 0) is 60.0 Å². The van der Waals surface area contributed by atoms with Crippen LogP contribution in [0.5, 0.6) is 5.75 Å². The molecule has 1 fully saturated rings. The van der Waals surface area contributed by atoms with Crippen molar-refractivity contribution in [2.45, 2.75) is 38.2 Å². The molecule has 0 aliphatic heterocycles. The van der Waals surface area contributed by atoms with Gasteiger partial charge >= 0.3 is 6.36 Å². The second kappa shape index (κ2) is 12.1. The van der Waals surface area contributed by atoms with E-state index < -0.39 is 17.9 Å². The Balaban J connectivity index is 0.000000185. The van der Waals surface area contributed by atoms with Gasteiger partial charge < -0.3 is 25.2 Å². The fraction of sp³-hybridized carbons (Fsp3) is 0.292. The number of ether oxygens (including phenoxy) is 1. The van der Waals surface area contributed by atoms with Crippen molar-refractivity contribution in [3.63, 3.8) is 0 Å². The Hall–Kier alpha value is -4.57. The van der Waals surface area contributed by atoms with Gasteiger partial charge in [-0.3, -0.25) is 4.79 Å². The number of pyridine rings is 1. The minimum absolute atomic E-state index is 0.0178. The predicted octanol–water partition coefficient (Wildman–Crippen LogP) is 2.31. The van der Waals surface area contributed by atoms with Crippen molar-refractivity contribution >= 4 is 11.9 Å². The number of tetrazole rings is 1. The van der Waals surface area contributed by atoms with Crippen molar-refractivity contribution in [1.29, 1.82) is 0 Å². The van der Waals surface area contributed by atoms with Gasteiger partial charge in [-0.1, -0.05) is 6.07 Å². The molecule has 16 heteroatoms. The van der Waals surface area contributed by atoms with E-state index in [2.05, 4.69) is 42.8 Å². The number of imidazole rings is 1. The van der Waals surface area contributed by atoms with Gasteiger partial charge in [0, 0.05) is 30.7 Å². The van der Waals surface area contributed by atoms with E-state index in [4.69, 9.17) is 11.6 Å². The molecule has 0 atom stereocenters. The Bertz CT molecular complexity index is 1480. The van der Waals surface area contributed by atoms with Gasteiger partial charge in [0.15, 0.2) is 17.9 Å². The predicted molar refractivity (Wildman–Crippen MR) is 134 cm³/mol. The number of rotatable bonds is 9. The van der Waals surface area contributed by atoms with E-state index in [-0.39, 0.29) is 23.5 Å². The summed E-state index contributed by atoms with van der Waals surface area (Å²) in [5.41, 5.74) is 8.76.